The van der Waals surface area contributed by atoms with Crippen molar-refractivity contribution in [3.8, 4) is 11.5 Å². The molecule has 0 saturated carbocycles. The van der Waals surface area contributed by atoms with Crippen LogP contribution in [0.1, 0.15) is 13.8 Å². The molecular formula is C11H18N2O4S. The number of hydrogen-bond donors (Lipinski definition) is 2. The first kappa shape index (κ1) is 14.6. The Labute approximate surface area is 107 Å². The molecular weight excluding hydrogens is 256 g/mol. The van der Waals surface area contributed by atoms with E-state index < -0.39 is 10.0 Å². The smallest absolute Gasteiger partial charge is 0.242 e. The van der Waals surface area contributed by atoms with E-state index >= 15 is 0 Å². The fraction of sp³-hybridized carbons (Fsp3) is 0.455. The summed E-state index contributed by atoms with van der Waals surface area (Å²) in [5, 5.41) is 0. The molecule has 0 unspecified atom stereocenters. The minimum absolute atomic E-state index is 0.0196. The number of nitrogens with two attached hydrogens (primary N) is 1. The second-order valence-corrected chi connectivity index (χ2v) is 5.70. The molecule has 0 aromatic heterocycles. The van der Waals surface area contributed by atoms with Gasteiger partial charge in [-0.2, -0.15) is 0 Å². The molecule has 3 N–H and O–H groups in total. The van der Waals surface area contributed by atoms with E-state index in [9.17, 15) is 8.42 Å². The third-order valence-corrected chi connectivity index (χ3v) is 3.91. The van der Waals surface area contributed by atoms with Crippen molar-refractivity contribution in [2.45, 2.75) is 24.8 Å². The number of nitrogens with one attached hydrogen (secondary N) is 1. The zero-order valence-electron chi connectivity index (χ0n) is 10.9. The molecule has 0 heterocycles. The topological polar surface area (TPSA) is 90.7 Å². The maximum Gasteiger partial charge on any atom is 0.242 e. The third-order valence-electron chi connectivity index (χ3n) is 2.20. The molecule has 1 rings (SSSR count). The van der Waals surface area contributed by atoms with E-state index in [4.69, 9.17) is 15.2 Å². The minimum atomic E-state index is -3.66. The lowest BCUT2D eigenvalue weighted by Gasteiger charge is -2.14. The highest BCUT2D eigenvalue weighted by Crippen LogP contribution is 2.34. The van der Waals surface area contributed by atoms with Crippen molar-refractivity contribution >= 4 is 15.7 Å². The second kappa shape index (κ2) is 5.45. The van der Waals surface area contributed by atoms with Gasteiger partial charge < -0.3 is 15.2 Å². The molecule has 0 spiro atoms. The van der Waals surface area contributed by atoms with Crippen molar-refractivity contribution < 1.29 is 17.9 Å². The van der Waals surface area contributed by atoms with E-state index in [-0.39, 0.29) is 16.6 Å². The van der Waals surface area contributed by atoms with Gasteiger partial charge in [-0.05, 0) is 13.8 Å². The number of hydrogen-bond acceptors (Lipinski definition) is 5. The van der Waals surface area contributed by atoms with Crippen molar-refractivity contribution in [2.24, 2.45) is 0 Å². The Morgan fingerprint density at radius 3 is 2.11 bits per heavy atom. The predicted octanol–water partition coefficient (Wildman–Crippen LogP) is 0.973. The van der Waals surface area contributed by atoms with Gasteiger partial charge in [0.05, 0.1) is 19.9 Å². The van der Waals surface area contributed by atoms with Crippen molar-refractivity contribution in [3.05, 3.63) is 12.1 Å². The molecule has 0 radical (unpaired) electrons. The van der Waals surface area contributed by atoms with Gasteiger partial charge in [0, 0.05) is 18.2 Å². The van der Waals surface area contributed by atoms with Crippen LogP contribution < -0.4 is 19.9 Å². The molecule has 102 valence electrons. The summed E-state index contributed by atoms with van der Waals surface area (Å²) in [4.78, 5) is -0.0196. The number of sulfonamides is 1. The first-order chi connectivity index (χ1) is 8.31. The monoisotopic (exact) mass is 274 g/mol. The highest BCUT2D eigenvalue weighted by molar-refractivity contribution is 7.89. The van der Waals surface area contributed by atoms with Crippen molar-refractivity contribution in [3.63, 3.8) is 0 Å². The van der Waals surface area contributed by atoms with Crippen LogP contribution in [0.5, 0.6) is 11.5 Å². The Balaban J connectivity index is 3.34. The molecule has 0 bridgehead atoms. The Bertz CT molecular complexity index is 526. The maximum absolute atomic E-state index is 12.0. The summed E-state index contributed by atoms with van der Waals surface area (Å²) < 4.78 is 36.7. The molecule has 0 aliphatic rings. The largest absolute Gasteiger partial charge is 0.493 e. The van der Waals surface area contributed by atoms with Gasteiger partial charge in [-0.3, -0.25) is 0 Å². The first-order valence-electron chi connectivity index (χ1n) is 5.35. The molecule has 0 saturated heterocycles. The minimum Gasteiger partial charge on any atom is -0.493 e. The highest BCUT2D eigenvalue weighted by Gasteiger charge is 2.21. The summed E-state index contributed by atoms with van der Waals surface area (Å²) in [5.74, 6) is 0.703. The summed E-state index contributed by atoms with van der Waals surface area (Å²) >= 11 is 0. The van der Waals surface area contributed by atoms with Gasteiger partial charge in [0.1, 0.15) is 4.90 Å². The third kappa shape index (κ3) is 3.05. The maximum atomic E-state index is 12.0. The highest BCUT2D eigenvalue weighted by atomic mass is 32.2. The summed E-state index contributed by atoms with van der Waals surface area (Å²) in [6.45, 7) is 3.46. The Kier molecular flexibility index (Phi) is 4.42. The number of benzene rings is 1. The van der Waals surface area contributed by atoms with Crippen LogP contribution in [0.2, 0.25) is 0 Å². The van der Waals surface area contributed by atoms with Crippen LogP contribution in [0.25, 0.3) is 0 Å². The Hall–Kier alpha value is -1.47. The van der Waals surface area contributed by atoms with Crippen molar-refractivity contribution in [2.75, 3.05) is 20.0 Å². The van der Waals surface area contributed by atoms with Crippen LogP contribution in [0.4, 0.5) is 5.69 Å². The van der Waals surface area contributed by atoms with Gasteiger partial charge in [-0.1, -0.05) is 0 Å². The molecule has 0 atom stereocenters. The molecule has 0 amide bonds. The van der Waals surface area contributed by atoms with Crippen LogP contribution in [-0.4, -0.2) is 28.7 Å². The van der Waals surface area contributed by atoms with E-state index in [0.29, 0.717) is 11.5 Å². The predicted molar refractivity (Wildman–Crippen MR) is 69.4 cm³/mol. The SMILES string of the molecule is COc1cc(N)c(S(=O)(=O)NC(C)C)cc1OC. The fourth-order valence-corrected chi connectivity index (χ4v) is 2.86. The van der Waals surface area contributed by atoms with E-state index in [0.717, 1.165) is 0 Å². The van der Waals surface area contributed by atoms with Gasteiger partial charge in [-0.15, -0.1) is 0 Å². The molecule has 0 fully saturated rings. The number of methoxy groups -OCH3 is 2. The lowest BCUT2D eigenvalue weighted by Crippen LogP contribution is -2.30. The first-order valence-corrected chi connectivity index (χ1v) is 6.84. The van der Waals surface area contributed by atoms with E-state index in [1.54, 1.807) is 13.8 Å². The molecule has 18 heavy (non-hydrogen) atoms. The average molecular weight is 274 g/mol. The molecule has 1 aromatic rings. The molecule has 0 aliphatic heterocycles. The summed E-state index contributed by atoms with van der Waals surface area (Å²) in [7, 11) is -0.771. The zero-order valence-corrected chi connectivity index (χ0v) is 11.7. The quantitative estimate of drug-likeness (QED) is 0.781. The van der Waals surface area contributed by atoms with Crippen LogP contribution in [0.3, 0.4) is 0 Å². The van der Waals surface area contributed by atoms with E-state index in [2.05, 4.69) is 4.72 Å². The number of ether oxygens (including phenoxy) is 2. The van der Waals surface area contributed by atoms with E-state index in [1.807, 2.05) is 0 Å². The van der Waals surface area contributed by atoms with Crippen LogP contribution >= 0.6 is 0 Å². The second-order valence-electron chi connectivity index (χ2n) is 4.02. The lowest BCUT2D eigenvalue weighted by atomic mass is 10.3. The standard InChI is InChI=1S/C11H18N2O4S/c1-7(2)13-18(14,15)11-6-10(17-4)9(16-3)5-8(11)12/h5-7,13H,12H2,1-4H3. The van der Waals surface area contributed by atoms with Gasteiger partial charge >= 0.3 is 0 Å². The van der Waals surface area contributed by atoms with Gasteiger partial charge in [0.2, 0.25) is 10.0 Å². The summed E-state index contributed by atoms with van der Waals surface area (Å²) in [5.41, 5.74) is 5.84. The molecule has 0 aliphatic carbocycles. The van der Waals surface area contributed by atoms with E-state index in [1.165, 1.54) is 26.4 Å². The lowest BCUT2D eigenvalue weighted by molar-refractivity contribution is 0.354. The average Bonchev–Trinajstić information content (AvgIpc) is 2.26. The fourth-order valence-electron chi connectivity index (χ4n) is 1.48. The summed E-state index contributed by atoms with van der Waals surface area (Å²) in [6, 6.07) is 2.55. The van der Waals surface area contributed by atoms with Gasteiger partial charge in [-0.25, -0.2) is 13.1 Å². The van der Waals surface area contributed by atoms with Gasteiger partial charge in [0.15, 0.2) is 11.5 Å². The van der Waals surface area contributed by atoms with Crippen LogP contribution in [-0.2, 0) is 10.0 Å². The number of anilines is 1. The van der Waals surface area contributed by atoms with Gasteiger partial charge in [0.25, 0.3) is 0 Å². The molecule has 6 nitrogen and oxygen atoms in total. The summed E-state index contributed by atoms with van der Waals surface area (Å²) in [6.07, 6.45) is 0. The molecule has 7 heteroatoms. The Morgan fingerprint density at radius 1 is 1.17 bits per heavy atom. The normalized spacial score (nSPS) is 11.6. The van der Waals surface area contributed by atoms with Crippen molar-refractivity contribution in [1.82, 2.24) is 4.72 Å². The van der Waals surface area contributed by atoms with Crippen LogP contribution in [0, 0.1) is 0 Å². The van der Waals surface area contributed by atoms with Crippen LogP contribution in [0.15, 0.2) is 17.0 Å². The number of nitrogen functional groups attached to an aromatic ring is 1. The molecule has 1 aromatic carbocycles. The zero-order chi connectivity index (χ0) is 13.9. The number of rotatable bonds is 5. The Morgan fingerprint density at radius 2 is 1.67 bits per heavy atom. The van der Waals surface area contributed by atoms with Crippen molar-refractivity contribution in [1.29, 1.82) is 0 Å².